The molecule has 0 saturated carbocycles. The number of phenols is 1. The van der Waals surface area contributed by atoms with Gasteiger partial charge < -0.3 is 5.11 Å². The molecule has 0 fully saturated rings. The van der Waals surface area contributed by atoms with Crippen molar-refractivity contribution >= 4 is 0 Å². The fourth-order valence-electron chi connectivity index (χ4n) is 2.73. The van der Waals surface area contributed by atoms with Gasteiger partial charge in [0, 0.05) is 16.7 Å². The first-order valence-corrected chi connectivity index (χ1v) is 8.09. The number of aromatic hydroxyl groups is 1. The lowest BCUT2D eigenvalue weighted by Gasteiger charge is -2.09. The molecule has 4 aromatic rings. The molecule has 0 radical (unpaired) electrons. The van der Waals surface area contributed by atoms with Crippen molar-refractivity contribution in [1.82, 2.24) is 9.97 Å². The van der Waals surface area contributed by atoms with Gasteiger partial charge >= 0.3 is 0 Å². The molecule has 3 heteroatoms. The van der Waals surface area contributed by atoms with Crippen LogP contribution in [0.3, 0.4) is 0 Å². The highest BCUT2D eigenvalue weighted by Gasteiger charge is 2.10. The number of rotatable bonds is 3. The summed E-state index contributed by atoms with van der Waals surface area (Å²) in [5, 5.41) is 9.79. The Kier molecular flexibility index (Phi) is 3.97. The van der Waals surface area contributed by atoms with E-state index in [0.29, 0.717) is 5.82 Å². The number of aromatic nitrogens is 2. The molecule has 1 heterocycles. The smallest absolute Gasteiger partial charge is 0.160 e. The topological polar surface area (TPSA) is 46.0 Å². The summed E-state index contributed by atoms with van der Waals surface area (Å²) in [5.41, 5.74) is 4.56. The van der Waals surface area contributed by atoms with E-state index in [9.17, 15) is 5.11 Å². The van der Waals surface area contributed by atoms with Gasteiger partial charge in [-0.05, 0) is 18.2 Å². The molecule has 0 bridgehead atoms. The Balaban J connectivity index is 1.92. The van der Waals surface area contributed by atoms with Gasteiger partial charge in [-0.15, -0.1) is 0 Å². The third-order valence-corrected chi connectivity index (χ3v) is 3.97. The molecule has 3 nitrogen and oxygen atoms in total. The molecule has 0 unspecified atom stereocenters. The Hall–Kier alpha value is -3.46. The Labute approximate surface area is 146 Å². The van der Waals surface area contributed by atoms with Gasteiger partial charge in [-0.3, -0.25) is 0 Å². The van der Waals surface area contributed by atoms with Crippen LogP contribution in [0.5, 0.6) is 5.75 Å². The highest BCUT2D eigenvalue weighted by atomic mass is 16.3. The van der Waals surface area contributed by atoms with Crippen molar-refractivity contribution in [3.63, 3.8) is 0 Å². The second-order valence-electron chi connectivity index (χ2n) is 5.74. The monoisotopic (exact) mass is 324 g/mol. The Bertz CT molecular complexity index is 941. The maximum absolute atomic E-state index is 9.79. The second kappa shape index (κ2) is 6.57. The maximum atomic E-state index is 9.79. The van der Waals surface area contributed by atoms with Crippen molar-refractivity contribution in [2.45, 2.75) is 0 Å². The van der Waals surface area contributed by atoms with Crippen LogP contribution in [-0.2, 0) is 0 Å². The van der Waals surface area contributed by atoms with Crippen molar-refractivity contribution in [3.05, 3.63) is 91.0 Å². The lowest BCUT2D eigenvalue weighted by molar-refractivity contribution is 0.475. The van der Waals surface area contributed by atoms with Crippen LogP contribution in [0.4, 0.5) is 0 Å². The van der Waals surface area contributed by atoms with Crippen LogP contribution >= 0.6 is 0 Å². The molecule has 0 saturated heterocycles. The van der Waals surface area contributed by atoms with Gasteiger partial charge in [-0.25, -0.2) is 9.97 Å². The first kappa shape index (κ1) is 15.1. The Morgan fingerprint density at radius 1 is 0.520 bits per heavy atom. The summed E-state index contributed by atoms with van der Waals surface area (Å²) in [6.07, 6.45) is 0. The van der Waals surface area contributed by atoms with Crippen LogP contribution in [-0.4, -0.2) is 15.1 Å². The SMILES string of the molecule is Oc1cccc(-c2nc(-c3ccccc3)cc(-c3ccccc3)n2)c1. The van der Waals surface area contributed by atoms with Gasteiger partial charge in [-0.1, -0.05) is 72.8 Å². The van der Waals surface area contributed by atoms with Gasteiger partial charge in [0.25, 0.3) is 0 Å². The van der Waals surface area contributed by atoms with Crippen molar-refractivity contribution in [2.75, 3.05) is 0 Å². The summed E-state index contributed by atoms with van der Waals surface area (Å²) in [6, 6.07) is 29.1. The van der Waals surface area contributed by atoms with Gasteiger partial charge in [0.05, 0.1) is 11.4 Å². The van der Waals surface area contributed by atoms with E-state index in [0.717, 1.165) is 28.1 Å². The average molecular weight is 324 g/mol. The number of hydrogen-bond donors (Lipinski definition) is 1. The average Bonchev–Trinajstić information content (AvgIpc) is 2.69. The lowest BCUT2D eigenvalue weighted by Crippen LogP contribution is -1.95. The largest absolute Gasteiger partial charge is 0.508 e. The summed E-state index contributed by atoms with van der Waals surface area (Å²) in [7, 11) is 0. The molecule has 1 aromatic heterocycles. The molecule has 3 aromatic carbocycles. The third-order valence-electron chi connectivity index (χ3n) is 3.97. The maximum Gasteiger partial charge on any atom is 0.160 e. The molecule has 0 aliphatic heterocycles. The van der Waals surface area contributed by atoms with E-state index >= 15 is 0 Å². The van der Waals surface area contributed by atoms with Crippen LogP contribution < -0.4 is 0 Å². The number of benzene rings is 3. The van der Waals surface area contributed by atoms with Crippen LogP contribution in [0.25, 0.3) is 33.9 Å². The highest BCUT2D eigenvalue weighted by Crippen LogP contribution is 2.28. The predicted molar refractivity (Wildman–Crippen MR) is 100 cm³/mol. The summed E-state index contributed by atoms with van der Waals surface area (Å²) >= 11 is 0. The number of nitrogens with zero attached hydrogens (tertiary/aromatic N) is 2. The number of phenolic OH excluding ortho intramolecular Hbond substituents is 1. The van der Waals surface area contributed by atoms with E-state index in [1.165, 1.54) is 0 Å². The first-order valence-electron chi connectivity index (χ1n) is 8.09. The van der Waals surface area contributed by atoms with Crippen LogP contribution in [0.15, 0.2) is 91.0 Å². The normalized spacial score (nSPS) is 10.6. The molecule has 0 spiro atoms. The highest BCUT2D eigenvalue weighted by molar-refractivity contribution is 5.71. The van der Waals surface area contributed by atoms with Crippen molar-refractivity contribution in [3.8, 4) is 39.7 Å². The minimum Gasteiger partial charge on any atom is -0.508 e. The molecule has 0 atom stereocenters. The molecule has 0 amide bonds. The Morgan fingerprint density at radius 2 is 1.04 bits per heavy atom. The van der Waals surface area contributed by atoms with E-state index in [-0.39, 0.29) is 5.75 Å². The lowest BCUT2D eigenvalue weighted by atomic mass is 10.1. The fourth-order valence-corrected chi connectivity index (χ4v) is 2.73. The molecule has 4 rings (SSSR count). The summed E-state index contributed by atoms with van der Waals surface area (Å²) in [4.78, 5) is 9.44. The zero-order valence-corrected chi connectivity index (χ0v) is 13.5. The van der Waals surface area contributed by atoms with Gasteiger partial charge in [0.1, 0.15) is 5.75 Å². The zero-order chi connectivity index (χ0) is 17.1. The molecule has 0 aliphatic rings. The van der Waals surface area contributed by atoms with Crippen molar-refractivity contribution in [2.24, 2.45) is 0 Å². The van der Waals surface area contributed by atoms with Crippen LogP contribution in [0, 0.1) is 0 Å². The van der Waals surface area contributed by atoms with E-state index < -0.39 is 0 Å². The molecular formula is C22H16N2O. The van der Waals surface area contributed by atoms with Crippen LogP contribution in [0.2, 0.25) is 0 Å². The standard InChI is InChI=1S/C22H16N2O/c25-19-13-7-12-18(14-19)22-23-20(16-8-3-1-4-9-16)15-21(24-22)17-10-5-2-6-11-17/h1-15,25H. The Morgan fingerprint density at radius 3 is 1.56 bits per heavy atom. The van der Waals surface area contributed by atoms with E-state index in [4.69, 9.17) is 9.97 Å². The summed E-state index contributed by atoms with van der Waals surface area (Å²) in [5.74, 6) is 0.795. The summed E-state index contributed by atoms with van der Waals surface area (Å²) < 4.78 is 0. The van der Waals surface area contributed by atoms with E-state index in [2.05, 4.69) is 0 Å². The molecule has 1 N–H and O–H groups in total. The zero-order valence-electron chi connectivity index (χ0n) is 13.5. The molecule has 0 aliphatic carbocycles. The van der Waals surface area contributed by atoms with Gasteiger partial charge in [-0.2, -0.15) is 0 Å². The third kappa shape index (κ3) is 3.26. The minimum absolute atomic E-state index is 0.201. The number of hydrogen-bond acceptors (Lipinski definition) is 3. The first-order chi connectivity index (χ1) is 12.3. The molecule has 25 heavy (non-hydrogen) atoms. The van der Waals surface area contributed by atoms with Gasteiger partial charge in [0.2, 0.25) is 0 Å². The van der Waals surface area contributed by atoms with E-state index in [1.807, 2.05) is 72.8 Å². The van der Waals surface area contributed by atoms with Crippen molar-refractivity contribution < 1.29 is 5.11 Å². The van der Waals surface area contributed by atoms with Crippen LogP contribution in [0.1, 0.15) is 0 Å². The predicted octanol–water partition coefficient (Wildman–Crippen LogP) is 5.18. The van der Waals surface area contributed by atoms with Crippen molar-refractivity contribution in [1.29, 1.82) is 0 Å². The second-order valence-corrected chi connectivity index (χ2v) is 5.74. The van der Waals surface area contributed by atoms with Gasteiger partial charge in [0.15, 0.2) is 5.82 Å². The quantitative estimate of drug-likeness (QED) is 0.564. The molecular weight excluding hydrogens is 308 g/mol. The van der Waals surface area contributed by atoms with E-state index in [1.54, 1.807) is 18.2 Å². The fraction of sp³-hybridized carbons (Fsp3) is 0. The molecule has 120 valence electrons. The summed E-state index contributed by atoms with van der Waals surface area (Å²) in [6.45, 7) is 0. The minimum atomic E-state index is 0.201.